The van der Waals surface area contributed by atoms with Gasteiger partial charge in [-0.25, -0.2) is 0 Å². The quantitative estimate of drug-likeness (QED) is 0.885. The van der Waals surface area contributed by atoms with Crippen molar-refractivity contribution in [2.75, 3.05) is 20.6 Å². The van der Waals surface area contributed by atoms with Crippen molar-refractivity contribution < 1.29 is 0 Å². The summed E-state index contributed by atoms with van der Waals surface area (Å²) >= 11 is 3.47. The highest BCUT2D eigenvalue weighted by Gasteiger charge is 2.02. The number of hydrogen-bond acceptors (Lipinski definition) is 2. The van der Waals surface area contributed by atoms with E-state index in [0.717, 1.165) is 17.6 Å². The molecule has 1 unspecified atom stereocenters. The summed E-state index contributed by atoms with van der Waals surface area (Å²) < 4.78 is 1.14. The van der Waals surface area contributed by atoms with Gasteiger partial charge in [-0.3, -0.25) is 0 Å². The van der Waals surface area contributed by atoms with E-state index in [1.54, 1.807) is 0 Å². The Labute approximate surface area is 101 Å². The zero-order chi connectivity index (χ0) is 11.3. The topological polar surface area (TPSA) is 15.3 Å². The first-order chi connectivity index (χ1) is 7.09. The van der Waals surface area contributed by atoms with E-state index in [4.69, 9.17) is 0 Å². The minimum Gasteiger partial charge on any atom is -0.311 e. The number of nitrogens with zero attached hydrogens (tertiary/aromatic N) is 1. The Kier molecular flexibility index (Phi) is 5.29. The predicted octanol–water partition coefficient (Wildman–Crippen LogP) is 2.49. The number of nitrogens with one attached hydrogen (secondary N) is 1. The molecule has 15 heavy (non-hydrogen) atoms. The Bertz CT molecular complexity index is 299. The smallest absolute Gasteiger partial charge is 0.0206 e. The van der Waals surface area contributed by atoms with Gasteiger partial charge in [-0.15, -0.1) is 0 Å². The monoisotopic (exact) mass is 270 g/mol. The van der Waals surface area contributed by atoms with Gasteiger partial charge in [-0.2, -0.15) is 0 Å². The second kappa shape index (κ2) is 6.26. The molecule has 1 aromatic carbocycles. The van der Waals surface area contributed by atoms with E-state index < -0.39 is 0 Å². The van der Waals surface area contributed by atoms with Crippen LogP contribution in [0.2, 0.25) is 0 Å². The van der Waals surface area contributed by atoms with Crippen molar-refractivity contribution in [3.63, 3.8) is 0 Å². The van der Waals surface area contributed by atoms with Gasteiger partial charge in [-0.1, -0.05) is 28.1 Å². The minimum atomic E-state index is 0.567. The maximum atomic E-state index is 3.47. The van der Waals surface area contributed by atoms with Crippen LogP contribution in [0, 0.1) is 0 Å². The molecule has 0 saturated carbocycles. The van der Waals surface area contributed by atoms with Gasteiger partial charge in [0.05, 0.1) is 0 Å². The van der Waals surface area contributed by atoms with Crippen molar-refractivity contribution in [3.8, 4) is 0 Å². The van der Waals surface area contributed by atoms with Gasteiger partial charge in [0.1, 0.15) is 0 Å². The van der Waals surface area contributed by atoms with Crippen LogP contribution in [0.1, 0.15) is 12.5 Å². The molecule has 2 nitrogen and oxygen atoms in total. The van der Waals surface area contributed by atoms with Crippen LogP contribution in [0.4, 0.5) is 0 Å². The van der Waals surface area contributed by atoms with Crippen LogP contribution < -0.4 is 5.32 Å². The largest absolute Gasteiger partial charge is 0.311 e. The number of likely N-dealkylation sites (N-methyl/N-ethyl adjacent to an activating group) is 1. The van der Waals surface area contributed by atoms with E-state index in [9.17, 15) is 0 Å². The summed E-state index contributed by atoms with van der Waals surface area (Å²) in [5, 5.41) is 3.45. The van der Waals surface area contributed by atoms with Gasteiger partial charge in [0.2, 0.25) is 0 Å². The van der Waals surface area contributed by atoms with Gasteiger partial charge >= 0.3 is 0 Å². The highest BCUT2D eigenvalue weighted by Crippen LogP contribution is 2.11. The predicted molar refractivity (Wildman–Crippen MR) is 69.0 cm³/mol. The van der Waals surface area contributed by atoms with Crippen molar-refractivity contribution in [1.29, 1.82) is 0 Å². The number of hydrogen-bond donors (Lipinski definition) is 1. The lowest BCUT2D eigenvalue weighted by Crippen LogP contribution is -2.35. The number of rotatable bonds is 5. The summed E-state index contributed by atoms with van der Waals surface area (Å²) in [6.07, 6.45) is 0. The van der Waals surface area contributed by atoms with Crippen LogP contribution in [-0.4, -0.2) is 31.6 Å². The lowest BCUT2D eigenvalue weighted by atomic mass is 10.2. The molecule has 3 heteroatoms. The SMILES string of the molecule is CC(CNCc1cccc(Br)c1)N(C)C. The maximum Gasteiger partial charge on any atom is 0.0206 e. The summed E-state index contributed by atoms with van der Waals surface area (Å²) in [5.74, 6) is 0. The maximum absolute atomic E-state index is 3.47. The van der Waals surface area contributed by atoms with E-state index in [1.165, 1.54) is 5.56 Å². The van der Waals surface area contributed by atoms with Crippen LogP contribution in [0.3, 0.4) is 0 Å². The molecule has 0 radical (unpaired) electrons. The fourth-order valence-corrected chi connectivity index (χ4v) is 1.70. The van der Waals surface area contributed by atoms with Crippen LogP contribution in [0.25, 0.3) is 0 Å². The molecule has 0 saturated heterocycles. The third-order valence-electron chi connectivity index (χ3n) is 2.54. The summed E-state index contributed by atoms with van der Waals surface area (Å²) in [7, 11) is 4.21. The average molecular weight is 271 g/mol. The molecule has 84 valence electrons. The second-order valence-corrected chi connectivity index (χ2v) is 4.99. The Morgan fingerprint density at radius 3 is 2.73 bits per heavy atom. The van der Waals surface area contributed by atoms with Crippen molar-refractivity contribution in [2.24, 2.45) is 0 Å². The molecular formula is C12H19BrN2. The van der Waals surface area contributed by atoms with Crippen LogP contribution in [-0.2, 0) is 6.54 Å². The standard InChI is InChI=1S/C12H19BrN2/c1-10(15(2)3)8-14-9-11-5-4-6-12(13)7-11/h4-7,10,14H,8-9H2,1-3H3. The molecule has 0 heterocycles. The Morgan fingerprint density at radius 2 is 2.13 bits per heavy atom. The number of benzene rings is 1. The van der Waals surface area contributed by atoms with Gasteiger partial charge in [0.15, 0.2) is 0 Å². The first kappa shape index (κ1) is 12.7. The lowest BCUT2D eigenvalue weighted by Gasteiger charge is -2.20. The van der Waals surface area contributed by atoms with Crippen LogP contribution in [0.15, 0.2) is 28.7 Å². The second-order valence-electron chi connectivity index (χ2n) is 4.07. The molecule has 0 bridgehead atoms. The number of halogens is 1. The average Bonchev–Trinajstić information content (AvgIpc) is 2.17. The van der Waals surface area contributed by atoms with E-state index in [0.29, 0.717) is 6.04 Å². The summed E-state index contributed by atoms with van der Waals surface area (Å²) in [4.78, 5) is 2.22. The Hall–Kier alpha value is -0.380. The van der Waals surface area contributed by atoms with Crippen molar-refractivity contribution in [1.82, 2.24) is 10.2 Å². The molecule has 1 N–H and O–H groups in total. The van der Waals surface area contributed by atoms with E-state index in [-0.39, 0.29) is 0 Å². The fourth-order valence-electron chi connectivity index (χ4n) is 1.25. The van der Waals surface area contributed by atoms with Crippen molar-refractivity contribution >= 4 is 15.9 Å². The lowest BCUT2D eigenvalue weighted by molar-refractivity contribution is 0.302. The molecule has 0 aliphatic rings. The molecular weight excluding hydrogens is 252 g/mol. The van der Waals surface area contributed by atoms with Gasteiger partial charge in [0.25, 0.3) is 0 Å². The van der Waals surface area contributed by atoms with E-state index in [1.807, 2.05) is 6.07 Å². The van der Waals surface area contributed by atoms with Crippen molar-refractivity contribution in [3.05, 3.63) is 34.3 Å². The summed E-state index contributed by atoms with van der Waals surface area (Å²) in [5.41, 5.74) is 1.32. The summed E-state index contributed by atoms with van der Waals surface area (Å²) in [6, 6.07) is 8.96. The zero-order valence-corrected chi connectivity index (χ0v) is 11.2. The first-order valence-electron chi connectivity index (χ1n) is 5.21. The molecule has 0 amide bonds. The molecule has 1 rings (SSSR count). The van der Waals surface area contributed by atoms with Gasteiger partial charge < -0.3 is 10.2 Å². The Morgan fingerprint density at radius 1 is 1.40 bits per heavy atom. The molecule has 0 fully saturated rings. The fraction of sp³-hybridized carbons (Fsp3) is 0.500. The van der Waals surface area contributed by atoms with Crippen molar-refractivity contribution in [2.45, 2.75) is 19.5 Å². The molecule has 0 aromatic heterocycles. The van der Waals surface area contributed by atoms with E-state index >= 15 is 0 Å². The molecule has 1 aromatic rings. The normalized spacial score (nSPS) is 13.1. The molecule has 1 atom stereocenters. The van der Waals surface area contributed by atoms with Gasteiger partial charge in [-0.05, 0) is 38.7 Å². The van der Waals surface area contributed by atoms with Crippen LogP contribution >= 0.6 is 15.9 Å². The molecule has 0 aliphatic carbocycles. The Balaban J connectivity index is 2.32. The molecule has 0 aliphatic heterocycles. The third-order valence-corrected chi connectivity index (χ3v) is 3.03. The third kappa shape index (κ3) is 4.78. The minimum absolute atomic E-state index is 0.567. The highest BCUT2D eigenvalue weighted by atomic mass is 79.9. The highest BCUT2D eigenvalue weighted by molar-refractivity contribution is 9.10. The van der Waals surface area contributed by atoms with E-state index in [2.05, 4.69) is 65.4 Å². The summed E-state index contributed by atoms with van der Waals surface area (Å²) in [6.45, 7) is 4.16. The first-order valence-corrected chi connectivity index (χ1v) is 6.00. The molecule has 0 spiro atoms. The van der Waals surface area contributed by atoms with Gasteiger partial charge in [0, 0.05) is 23.6 Å². The zero-order valence-electron chi connectivity index (χ0n) is 9.63. The van der Waals surface area contributed by atoms with Crippen LogP contribution in [0.5, 0.6) is 0 Å².